The molecule has 0 bridgehead atoms. The van der Waals surface area contributed by atoms with Crippen LogP contribution in [0.5, 0.6) is 0 Å². The number of hydrogen-bond acceptors (Lipinski definition) is 3. The molecule has 20 heavy (non-hydrogen) atoms. The first-order chi connectivity index (χ1) is 9.51. The molecule has 0 aliphatic carbocycles. The van der Waals surface area contributed by atoms with Gasteiger partial charge in [0, 0.05) is 29.5 Å². The van der Waals surface area contributed by atoms with E-state index in [-0.39, 0.29) is 17.9 Å². The molecular formula is C15H22N2O2S. The van der Waals surface area contributed by atoms with Crippen LogP contribution in [0.15, 0.2) is 29.2 Å². The Morgan fingerprint density at radius 3 is 2.55 bits per heavy atom. The van der Waals surface area contributed by atoms with Crippen molar-refractivity contribution in [1.82, 2.24) is 5.32 Å². The van der Waals surface area contributed by atoms with E-state index in [0.717, 1.165) is 10.6 Å². The van der Waals surface area contributed by atoms with E-state index in [9.17, 15) is 9.59 Å². The highest BCUT2D eigenvalue weighted by atomic mass is 32.2. The van der Waals surface area contributed by atoms with Crippen molar-refractivity contribution < 1.29 is 9.59 Å². The molecule has 0 radical (unpaired) electrons. The molecular weight excluding hydrogens is 272 g/mol. The van der Waals surface area contributed by atoms with Crippen molar-refractivity contribution in [1.29, 1.82) is 0 Å². The van der Waals surface area contributed by atoms with Gasteiger partial charge in [-0.2, -0.15) is 0 Å². The molecule has 0 aliphatic heterocycles. The van der Waals surface area contributed by atoms with Gasteiger partial charge in [0.15, 0.2) is 0 Å². The summed E-state index contributed by atoms with van der Waals surface area (Å²) in [5.41, 5.74) is 0.800. The molecule has 110 valence electrons. The minimum absolute atomic E-state index is 0.00261. The fraction of sp³-hybridized carbons (Fsp3) is 0.467. The average molecular weight is 294 g/mol. The lowest BCUT2D eigenvalue weighted by Crippen LogP contribution is -2.30. The number of amides is 2. The van der Waals surface area contributed by atoms with Crippen LogP contribution in [0.3, 0.4) is 0 Å². The molecule has 2 amide bonds. The van der Waals surface area contributed by atoms with Crippen LogP contribution in [0, 0.1) is 0 Å². The molecule has 0 fully saturated rings. The predicted octanol–water partition coefficient (Wildman–Crippen LogP) is 3.04. The maximum atomic E-state index is 11.8. The van der Waals surface area contributed by atoms with Gasteiger partial charge in [0.1, 0.15) is 0 Å². The third kappa shape index (κ3) is 6.61. The van der Waals surface area contributed by atoms with E-state index < -0.39 is 0 Å². The molecule has 0 atom stereocenters. The molecule has 1 rings (SSSR count). The standard InChI is InChI=1S/C15H22N2O2S/c1-11(2)16-14(18)8-5-9-15(19)17-12-6-4-7-13(10-12)20-3/h4,6-7,10-11H,5,8-9H2,1-3H3,(H,16,18)(H,17,19). The van der Waals surface area contributed by atoms with Gasteiger partial charge >= 0.3 is 0 Å². The van der Waals surface area contributed by atoms with Crippen molar-refractivity contribution in [2.75, 3.05) is 11.6 Å². The van der Waals surface area contributed by atoms with Gasteiger partial charge in [-0.05, 0) is 44.7 Å². The fourth-order valence-electron chi connectivity index (χ4n) is 1.73. The summed E-state index contributed by atoms with van der Waals surface area (Å²) in [7, 11) is 0. The Morgan fingerprint density at radius 1 is 1.20 bits per heavy atom. The molecule has 4 nitrogen and oxygen atoms in total. The average Bonchev–Trinajstić information content (AvgIpc) is 2.38. The van der Waals surface area contributed by atoms with Gasteiger partial charge in [0.2, 0.25) is 11.8 Å². The quantitative estimate of drug-likeness (QED) is 0.760. The van der Waals surface area contributed by atoms with E-state index in [1.54, 1.807) is 11.8 Å². The van der Waals surface area contributed by atoms with Crippen molar-refractivity contribution in [3.63, 3.8) is 0 Å². The number of hydrogen-bond donors (Lipinski definition) is 2. The number of carbonyl (C=O) groups excluding carboxylic acids is 2. The Labute approximate surface area is 124 Å². The summed E-state index contributed by atoms with van der Waals surface area (Å²) in [6.07, 6.45) is 3.30. The van der Waals surface area contributed by atoms with Crippen LogP contribution in [0.2, 0.25) is 0 Å². The SMILES string of the molecule is CSc1cccc(NC(=O)CCCC(=O)NC(C)C)c1. The van der Waals surface area contributed by atoms with Crippen LogP contribution in [-0.4, -0.2) is 24.1 Å². The van der Waals surface area contributed by atoms with Crippen LogP contribution in [0.1, 0.15) is 33.1 Å². The molecule has 0 saturated carbocycles. The van der Waals surface area contributed by atoms with E-state index in [1.165, 1.54) is 0 Å². The van der Waals surface area contributed by atoms with Gasteiger partial charge in [0.25, 0.3) is 0 Å². The lowest BCUT2D eigenvalue weighted by Gasteiger charge is -2.08. The molecule has 0 aromatic heterocycles. The van der Waals surface area contributed by atoms with E-state index in [0.29, 0.717) is 19.3 Å². The highest BCUT2D eigenvalue weighted by molar-refractivity contribution is 7.98. The van der Waals surface area contributed by atoms with Gasteiger partial charge in [0.05, 0.1) is 0 Å². The second kappa shape index (κ2) is 8.64. The first-order valence-electron chi connectivity index (χ1n) is 6.74. The van der Waals surface area contributed by atoms with Gasteiger partial charge in [-0.25, -0.2) is 0 Å². The van der Waals surface area contributed by atoms with Crippen LogP contribution in [0.4, 0.5) is 5.69 Å². The monoisotopic (exact) mass is 294 g/mol. The zero-order chi connectivity index (χ0) is 15.0. The Morgan fingerprint density at radius 2 is 1.90 bits per heavy atom. The molecule has 0 heterocycles. The van der Waals surface area contributed by atoms with Gasteiger partial charge < -0.3 is 10.6 Å². The lowest BCUT2D eigenvalue weighted by molar-refractivity contribution is -0.121. The van der Waals surface area contributed by atoms with Crippen molar-refractivity contribution >= 4 is 29.3 Å². The number of anilines is 1. The van der Waals surface area contributed by atoms with Crippen LogP contribution < -0.4 is 10.6 Å². The Hall–Kier alpha value is -1.49. The number of thioether (sulfide) groups is 1. The normalized spacial score (nSPS) is 10.4. The third-order valence-corrected chi connectivity index (χ3v) is 3.34. The Balaban J connectivity index is 2.31. The fourth-order valence-corrected chi connectivity index (χ4v) is 2.19. The van der Waals surface area contributed by atoms with Crippen molar-refractivity contribution in [2.45, 2.75) is 44.0 Å². The molecule has 0 spiro atoms. The summed E-state index contributed by atoms with van der Waals surface area (Å²) in [4.78, 5) is 24.3. The third-order valence-electron chi connectivity index (χ3n) is 2.61. The zero-order valence-corrected chi connectivity index (χ0v) is 13.0. The number of nitrogens with one attached hydrogen (secondary N) is 2. The Kier molecular flexibility index (Phi) is 7.15. The van der Waals surface area contributed by atoms with E-state index in [1.807, 2.05) is 44.4 Å². The van der Waals surface area contributed by atoms with Crippen LogP contribution >= 0.6 is 11.8 Å². The van der Waals surface area contributed by atoms with Gasteiger partial charge in [-0.1, -0.05) is 6.07 Å². The van der Waals surface area contributed by atoms with Crippen molar-refractivity contribution in [3.8, 4) is 0 Å². The number of benzene rings is 1. The lowest BCUT2D eigenvalue weighted by atomic mass is 10.2. The van der Waals surface area contributed by atoms with E-state index in [2.05, 4.69) is 10.6 Å². The summed E-state index contributed by atoms with van der Waals surface area (Å²) in [5.74, 6) is -0.0576. The molecule has 0 saturated heterocycles. The summed E-state index contributed by atoms with van der Waals surface area (Å²) in [6, 6.07) is 7.86. The Bertz CT molecular complexity index is 461. The summed E-state index contributed by atoms with van der Waals surface area (Å²) in [5, 5.41) is 5.66. The first kappa shape index (κ1) is 16.6. The second-order valence-corrected chi connectivity index (χ2v) is 5.74. The maximum Gasteiger partial charge on any atom is 0.224 e. The molecule has 1 aromatic carbocycles. The van der Waals surface area contributed by atoms with Crippen LogP contribution in [-0.2, 0) is 9.59 Å². The molecule has 2 N–H and O–H groups in total. The molecule has 0 aliphatic rings. The van der Waals surface area contributed by atoms with Gasteiger partial charge in [-0.15, -0.1) is 11.8 Å². The molecule has 0 unspecified atom stereocenters. The topological polar surface area (TPSA) is 58.2 Å². The highest BCUT2D eigenvalue weighted by Crippen LogP contribution is 2.19. The predicted molar refractivity (Wildman–Crippen MR) is 84.0 cm³/mol. The summed E-state index contributed by atoms with van der Waals surface area (Å²) in [6.45, 7) is 3.84. The highest BCUT2D eigenvalue weighted by Gasteiger charge is 2.06. The summed E-state index contributed by atoms with van der Waals surface area (Å²) >= 11 is 1.63. The number of rotatable bonds is 7. The first-order valence-corrected chi connectivity index (χ1v) is 7.97. The second-order valence-electron chi connectivity index (χ2n) is 4.86. The zero-order valence-electron chi connectivity index (χ0n) is 12.2. The van der Waals surface area contributed by atoms with E-state index in [4.69, 9.17) is 0 Å². The molecule has 5 heteroatoms. The minimum atomic E-state index is -0.0550. The smallest absolute Gasteiger partial charge is 0.224 e. The van der Waals surface area contributed by atoms with Crippen molar-refractivity contribution in [3.05, 3.63) is 24.3 Å². The summed E-state index contributed by atoms with van der Waals surface area (Å²) < 4.78 is 0. The number of carbonyl (C=O) groups is 2. The minimum Gasteiger partial charge on any atom is -0.354 e. The van der Waals surface area contributed by atoms with Gasteiger partial charge in [-0.3, -0.25) is 9.59 Å². The largest absolute Gasteiger partial charge is 0.354 e. The molecule has 1 aromatic rings. The van der Waals surface area contributed by atoms with Crippen molar-refractivity contribution in [2.24, 2.45) is 0 Å². The van der Waals surface area contributed by atoms with Crippen LogP contribution in [0.25, 0.3) is 0 Å². The maximum absolute atomic E-state index is 11.8. The van der Waals surface area contributed by atoms with E-state index >= 15 is 0 Å².